The van der Waals surface area contributed by atoms with Gasteiger partial charge in [-0.05, 0) is 0 Å². The monoisotopic (exact) mass is 232 g/mol. The Balaban J connectivity index is -0.00000000500. The van der Waals surface area contributed by atoms with Crippen LogP contribution in [0.1, 0.15) is 0 Å². The van der Waals surface area contributed by atoms with E-state index in [9.17, 15) is 0 Å². The minimum atomic E-state index is 0. The summed E-state index contributed by atoms with van der Waals surface area (Å²) in [6.07, 6.45) is 0. The molecule has 0 aromatic heterocycles. The predicted octanol–water partition coefficient (Wildman–Crippen LogP) is 0.0820. The molecular weight excluding hydrogens is 229 g/mol. The van der Waals surface area contributed by atoms with E-state index in [0.717, 1.165) is 0 Å². The second-order valence-electron chi connectivity index (χ2n) is 0. The molecule has 28 valence electrons. The first-order chi connectivity index (χ1) is 1.00. The van der Waals surface area contributed by atoms with Crippen molar-refractivity contribution in [2.75, 3.05) is 0 Å². The maximum absolute atomic E-state index is 2.50. The van der Waals surface area contributed by atoms with Crippen molar-refractivity contribution >= 4 is 52.1 Å². The van der Waals surface area contributed by atoms with E-state index in [2.05, 4.69) is 27.3 Å². The molecule has 0 atom stereocenters. The van der Waals surface area contributed by atoms with Crippen molar-refractivity contribution in [3.8, 4) is 0 Å². The van der Waals surface area contributed by atoms with Crippen LogP contribution in [0.4, 0.5) is 0 Å². The number of rotatable bonds is 0. The zero-order valence-electron chi connectivity index (χ0n) is 1.63. The Kier molecular flexibility index (Phi) is 101. The summed E-state index contributed by atoms with van der Waals surface area (Å²) in [5.74, 6) is 0. The summed E-state index contributed by atoms with van der Waals surface area (Å²) in [4.78, 5) is 0. The van der Waals surface area contributed by atoms with Gasteiger partial charge in [0, 0.05) is 0 Å². The fourth-order valence-corrected chi connectivity index (χ4v) is 0. The molecule has 0 radical (unpaired) electrons. The molecule has 0 fully saturated rings. The van der Waals surface area contributed by atoms with E-state index < -0.39 is 0 Å². The Labute approximate surface area is 52.0 Å². The van der Waals surface area contributed by atoms with Gasteiger partial charge in [0.05, 0.1) is 0 Å². The zero-order chi connectivity index (χ0) is 2.00. The Morgan fingerprint density at radius 2 is 0.750 bits per heavy atom. The number of hydrogen-bond acceptors (Lipinski definition) is 0. The predicted molar refractivity (Wildman–Crippen MR) is 26.0 cm³/mol. The van der Waals surface area contributed by atoms with Crippen LogP contribution in [0.5, 0.6) is 0 Å². The van der Waals surface area contributed by atoms with Crippen LogP contribution in [0, 0.1) is 0 Å². The van der Waals surface area contributed by atoms with E-state index in [1.807, 2.05) is 0 Å². The quantitative estimate of drug-likeness (QED) is 0.518. The van der Waals surface area contributed by atoms with Gasteiger partial charge in [0.2, 0.25) is 0 Å². The first kappa shape index (κ1) is 17.5. The summed E-state index contributed by atoms with van der Waals surface area (Å²) in [6.45, 7) is 0. The molecule has 0 unspecified atom stereocenters. The average molecular weight is 231 g/mol. The molecule has 0 N–H and O–H groups in total. The molecule has 0 aliphatic rings. The molecule has 0 aromatic rings. The molecule has 0 nitrogen and oxygen atoms in total. The van der Waals surface area contributed by atoms with Crippen molar-refractivity contribution < 1.29 is 0 Å². The molecule has 0 aliphatic heterocycles. The summed E-state index contributed by atoms with van der Waals surface area (Å²) >= 11 is 5.00. The van der Waals surface area contributed by atoms with Gasteiger partial charge < -0.3 is 0 Å². The first-order valence-electron chi connectivity index (χ1n) is 0.167. The minimum absolute atomic E-state index is 0. The fourth-order valence-electron chi connectivity index (χ4n) is 0. The van der Waals surface area contributed by atoms with E-state index in [-0.39, 0.29) is 24.8 Å². The van der Waals surface area contributed by atoms with Gasteiger partial charge in [0.15, 0.2) is 0 Å². The SMILES string of the molecule is Cl.Cl.[Se]=[Se]. The maximum atomic E-state index is 2.50. The molecule has 0 saturated heterocycles. The van der Waals surface area contributed by atoms with Gasteiger partial charge in [0.1, 0.15) is 0 Å². The van der Waals surface area contributed by atoms with Gasteiger partial charge in [0.25, 0.3) is 0 Å². The molecule has 0 aromatic carbocycles. The van der Waals surface area contributed by atoms with Crippen LogP contribution >= 0.6 is 24.8 Å². The van der Waals surface area contributed by atoms with Gasteiger partial charge >= 0.3 is 27.3 Å². The van der Waals surface area contributed by atoms with Crippen molar-refractivity contribution in [1.82, 2.24) is 0 Å². The molecule has 4 heavy (non-hydrogen) atoms. The molecule has 0 aliphatic carbocycles. The summed E-state index contributed by atoms with van der Waals surface area (Å²) in [5, 5.41) is 0. The third-order valence-corrected chi connectivity index (χ3v) is 0. The first-order valence-corrected chi connectivity index (χ1v) is 4.50. The molecule has 0 rings (SSSR count). The van der Waals surface area contributed by atoms with Gasteiger partial charge in [-0.15, -0.1) is 24.8 Å². The standard InChI is InChI=1S/2ClH.Se2/c;;1-2/h2*1H;. The molecular formula is H2Cl2Se2. The van der Waals surface area contributed by atoms with Crippen LogP contribution in [0.2, 0.25) is 0 Å². The van der Waals surface area contributed by atoms with Crippen LogP contribution in [0.3, 0.4) is 0 Å². The van der Waals surface area contributed by atoms with Crippen LogP contribution in [-0.4, -0.2) is 27.3 Å². The van der Waals surface area contributed by atoms with Gasteiger partial charge in [-0.1, -0.05) is 0 Å². The molecule has 4 heteroatoms. The van der Waals surface area contributed by atoms with Crippen LogP contribution in [0.15, 0.2) is 0 Å². The summed E-state index contributed by atoms with van der Waals surface area (Å²) in [5.41, 5.74) is 0. The summed E-state index contributed by atoms with van der Waals surface area (Å²) in [6, 6.07) is 0. The third-order valence-electron chi connectivity index (χ3n) is 0. The third kappa shape index (κ3) is 9.47. The molecule has 0 heterocycles. The molecule has 0 amide bonds. The van der Waals surface area contributed by atoms with Crippen molar-refractivity contribution in [1.29, 1.82) is 0 Å². The van der Waals surface area contributed by atoms with Gasteiger partial charge in [-0.25, -0.2) is 0 Å². The van der Waals surface area contributed by atoms with Crippen molar-refractivity contribution in [3.05, 3.63) is 0 Å². The average Bonchev–Trinajstić information content (AvgIpc) is 1.00. The van der Waals surface area contributed by atoms with E-state index in [4.69, 9.17) is 0 Å². The van der Waals surface area contributed by atoms with Crippen molar-refractivity contribution in [3.63, 3.8) is 0 Å². The molecule has 0 saturated carbocycles. The molecule has 0 spiro atoms. The van der Waals surface area contributed by atoms with Gasteiger partial charge in [-0.2, -0.15) is 0 Å². The second kappa shape index (κ2) is 23.1. The number of hydrogen-bond donors (Lipinski definition) is 0. The van der Waals surface area contributed by atoms with E-state index in [0.29, 0.717) is 0 Å². The van der Waals surface area contributed by atoms with E-state index in [1.165, 1.54) is 0 Å². The second-order valence-corrected chi connectivity index (χ2v) is 0. The Hall–Kier alpha value is 1.62. The van der Waals surface area contributed by atoms with Crippen LogP contribution in [-0.2, 0) is 0 Å². The summed E-state index contributed by atoms with van der Waals surface area (Å²) in [7, 11) is 0. The fraction of sp³-hybridized carbons (Fsp3) is 0. The van der Waals surface area contributed by atoms with Gasteiger partial charge in [-0.3, -0.25) is 0 Å². The van der Waals surface area contributed by atoms with E-state index >= 15 is 0 Å². The number of halogens is 2. The van der Waals surface area contributed by atoms with E-state index in [1.54, 1.807) is 0 Å². The van der Waals surface area contributed by atoms with Crippen LogP contribution in [0.25, 0.3) is 0 Å². The Morgan fingerprint density at radius 3 is 0.750 bits per heavy atom. The normalized spacial score (nSPS) is 1.00. The molecule has 0 bridgehead atoms. The Morgan fingerprint density at radius 1 is 0.750 bits per heavy atom. The van der Waals surface area contributed by atoms with Crippen molar-refractivity contribution in [2.24, 2.45) is 0 Å². The van der Waals surface area contributed by atoms with Crippen LogP contribution < -0.4 is 0 Å². The van der Waals surface area contributed by atoms with Crippen molar-refractivity contribution in [2.45, 2.75) is 0 Å². The zero-order valence-corrected chi connectivity index (χ0v) is 6.69. The topological polar surface area (TPSA) is 0 Å². The summed E-state index contributed by atoms with van der Waals surface area (Å²) < 4.78 is 0. The Bertz CT molecular complexity index is 4.00.